The summed E-state index contributed by atoms with van der Waals surface area (Å²) in [7, 11) is 0. The minimum Gasteiger partial charge on any atom is -0.483 e. The SMILES string of the molecule is CC1CCN(C(=O)COc2ccccc2-c2nccn2[C@H]2CCNC[C@@H]2O)CC1. The number of piperidine rings is 2. The van der Waals surface area contributed by atoms with Crippen LogP contribution in [0, 0.1) is 5.92 Å². The maximum Gasteiger partial charge on any atom is 0.260 e. The molecule has 156 valence electrons. The zero-order chi connectivity index (χ0) is 20.2. The first-order valence-corrected chi connectivity index (χ1v) is 10.5. The third-order valence-electron chi connectivity index (χ3n) is 6.06. The van der Waals surface area contributed by atoms with Crippen LogP contribution in [0.1, 0.15) is 32.2 Å². The van der Waals surface area contributed by atoms with Gasteiger partial charge in [-0.25, -0.2) is 4.98 Å². The molecule has 2 N–H and O–H groups in total. The van der Waals surface area contributed by atoms with Gasteiger partial charge in [-0.05, 0) is 43.9 Å². The number of nitrogens with one attached hydrogen (secondary N) is 1. The van der Waals surface area contributed by atoms with Crippen LogP contribution < -0.4 is 10.1 Å². The number of nitrogens with zero attached hydrogens (tertiary/aromatic N) is 3. The van der Waals surface area contributed by atoms with Crippen molar-refractivity contribution in [2.24, 2.45) is 5.92 Å². The quantitative estimate of drug-likeness (QED) is 0.806. The Morgan fingerprint density at radius 3 is 2.86 bits per heavy atom. The molecule has 2 saturated heterocycles. The van der Waals surface area contributed by atoms with Gasteiger partial charge in [-0.15, -0.1) is 0 Å². The largest absolute Gasteiger partial charge is 0.483 e. The summed E-state index contributed by atoms with van der Waals surface area (Å²) in [6.07, 6.45) is 6.13. The molecule has 0 bridgehead atoms. The standard InChI is InChI=1S/C22H30N4O3/c1-16-7-11-25(12-8-16)21(28)15-29-20-5-3-2-4-17(20)22-24-10-13-26(22)18-6-9-23-14-19(18)27/h2-5,10,13,16,18-19,23,27H,6-9,11-12,14-15H2,1H3/t18-,19-/m0/s1. The van der Waals surface area contributed by atoms with Crippen LogP contribution in [-0.2, 0) is 4.79 Å². The molecular weight excluding hydrogens is 368 g/mol. The van der Waals surface area contributed by atoms with Gasteiger partial charge in [-0.1, -0.05) is 19.1 Å². The Hall–Kier alpha value is -2.38. The molecule has 0 radical (unpaired) electrons. The molecule has 1 aromatic carbocycles. The van der Waals surface area contributed by atoms with E-state index in [0.717, 1.165) is 50.3 Å². The van der Waals surface area contributed by atoms with E-state index in [9.17, 15) is 9.90 Å². The average molecular weight is 399 g/mol. The summed E-state index contributed by atoms with van der Waals surface area (Å²) in [5.41, 5.74) is 0.836. The summed E-state index contributed by atoms with van der Waals surface area (Å²) in [6, 6.07) is 7.64. The first-order valence-electron chi connectivity index (χ1n) is 10.5. The third kappa shape index (κ3) is 4.46. The molecule has 1 amide bonds. The van der Waals surface area contributed by atoms with E-state index in [0.29, 0.717) is 18.2 Å². The molecule has 4 rings (SSSR count). The monoisotopic (exact) mass is 398 g/mol. The number of rotatable bonds is 5. The first kappa shape index (κ1) is 19.9. The van der Waals surface area contributed by atoms with Crippen LogP contribution >= 0.6 is 0 Å². The van der Waals surface area contributed by atoms with Crippen molar-refractivity contribution in [2.75, 3.05) is 32.8 Å². The van der Waals surface area contributed by atoms with E-state index in [2.05, 4.69) is 17.2 Å². The van der Waals surface area contributed by atoms with E-state index < -0.39 is 6.10 Å². The zero-order valence-electron chi connectivity index (χ0n) is 17.0. The molecule has 2 aliphatic heterocycles. The maximum atomic E-state index is 12.6. The van der Waals surface area contributed by atoms with Crippen molar-refractivity contribution in [2.45, 2.75) is 38.3 Å². The van der Waals surface area contributed by atoms with E-state index in [1.807, 2.05) is 39.9 Å². The number of imidazole rings is 1. The lowest BCUT2D eigenvalue weighted by molar-refractivity contribution is -0.134. The van der Waals surface area contributed by atoms with E-state index in [1.165, 1.54) is 0 Å². The van der Waals surface area contributed by atoms with E-state index in [-0.39, 0.29) is 18.6 Å². The Morgan fingerprint density at radius 2 is 2.07 bits per heavy atom. The van der Waals surface area contributed by atoms with E-state index in [1.54, 1.807) is 6.20 Å². The summed E-state index contributed by atoms with van der Waals surface area (Å²) < 4.78 is 7.98. The molecule has 3 heterocycles. The predicted octanol–water partition coefficient (Wildman–Crippen LogP) is 2.08. The summed E-state index contributed by atoms with van der Waals surface area (Å²) >= 11 is 0. The molecule has 29 heavy (non-hydrogen) atoms. The Morgan fingerprint density at radius 1 is 1.28 bits per heavy atom. The molecule has 2 aliphatic rings. The number of aliphatic hydroxyl groups is 1. The highest BCUT2D eigenvalue weighted by molar-refractivity contribution is 5.78. The lowest BCUT2D eigenvalue weighted by atomic mass is 9.99. The normalized spacial score (nSPS) is 23.2. The van der Waals surface area contributed by atoms with Gasteiger partial charge in [-0.2, -0.15) is 0 Å². The van der Waals surface area contributed by atoms with Crippen LogP contribution in [0.15, 0.2) is 36.7 Å². The van der Waals surface area contributed by atoms with Crippen molar-refractivity contribution >= 4 is 5.91 Å². The van der Waals surface area contributed by atoms with E-state index in [4.69, 9.17) is 4.74 Å². The minimum absolute atomic E-state index is 0.0289. The van der Waals surface area contributed by atoms with Gasteiger partial charge in [-0.3, -0.25) is 4.79 Å². The van der Waals surface area contributed by atoms with Crippen LogP contribution in [0.5, 0.6) is 5.75 Å². The fraction of sp³-hybridized carbons (Fsp3) is 0.545. The molecule has 0 spiro atoms. The Bertz CT molecular complexity index is 829. The summed E-state index contributed by atoms with van der Waals surface area (Å²) in [6.45, 7) is 5.31. The number of β-amino-alcohol motifs (C(OH)–C–C–N with tert-alkyl or cyclic N) is 1. The second-order valence-corrected chi connectivity index (χ2v) is 8.13. The molecular formula is C22H30N4O3. The minimum atomic E-state index is -0.465. The Labute approximate surface area is 171 Å². The van der Waals surface area contributed by atoms with Crippen LogP contribution in [0.4, 0.5) is 0 Å². The predicted molar refractivity (Wildman–Crippen MR) is 111 cm³/mol. The molecule has 2 atom stereocenters. The zero-order valence-corrected chi connectivity index (χ0v) is 17.0. The lowest BCUT2D eigenvalue weighted by Gasteiger charge is -2.31. The van der Waals surface area contributed by atoms with E-state index >= 15 is 0 Å². The summed E-state index contributed by atoms with van der Waals surface area (Å²) in [4.78, 5) is 19.0. The number of aliphatic hydroxyl groups excluding tert-OH is 1. The number of carbonyl (C=O) groups excluding carboxylic acids is 1. The lowest BCUT2D eigenvalue weighted by Crippen LogP contribution is -2.41. The molecule has 7 nitrogen and oxygen atoms in total. The Kier molecular flexibility index (Phi) is 6.16. The topological polar surface area (TPSA) is 79.6 Å². The second-order valence-electron chi connectivity index (χ2n) is 8.13. The number of amides is 1. The van der Waals surface area contributed by atoms with Gasteiger partial charge < -0.3 is 24.6 Å². The highest BCUT2D eigenvalue weighted by Crippen LogP contribution is 2.32. The number of carbonyl (C=O) groups is 1. The van der Waals surface area contributed by atoms with Gasteiger partial charge in [0.1, 0.15) is 11.6 Å². The number of hydrogen-bond donors (Lipinski definition) is 2. The van der Waals surface area contributed by atoms with Crippen molar-refractivity contribution < 1.29 is 14.6 Å². The summed E-state index contributed by atoms with van der Waals surface area (Å²) in [5, 5.41) is 13.6. The molecule has 0 unspecified atom stereocenters. The fourth-order valence-corrected chi connectivity index (χ4v) is 4.21. The van der Waals surface area contributed by atoms with Gasteiger partial charge >= 0.3 is 0 Å². The molecule has 2 aromatic rings. The number of aromatic nitrogens is 2. The van der Waals surface area contributed by atoms with Gasteiger partial charge in [0.05, 0.1) is 17.7 Å². The third-order valence-corrected chi connectivity index (χ3v) is 6.06. The highest BCUT2D eigenvalue weighted by Gasteiger charge is 2.27. The Balaban J connectivity index is 1.49. The van der Waals surface area contributed by atoms with Crippen LogP contribution in [-0.4, -0.2) is 64.4 Å². The molecule has 7 heteroatoms. The highest BCUT2D eigenvalue weighted by atomic mass is 16.5. The average Bonchev–Trinajstić information content (AvgIpc) is 3.22. The van der Waals surface area contributed by atoms with Crippen molar-refractivity contribution in [3.8, 4) is 17.1 Å². The van der Waals surface area contributed by atoms with Gasteiger partial charge in [0.2, 0.25) is 0 Å². The van der Waals surface area contributed by atoms with Gasteiger partial charge in [0, 0.05) is 32.0 Å². The number of likely N-dealkylation sites (tertiary alicyclic amines) is 1. The molecule has 0 saturated carbocycles. The first-order chi connectivity index (χ1) is 14.1. The van der Waals surface area contributed by atoms with Crippen LogP contribution in [0.25, 0.3) is 11.4 Å². The van der Waals surface area contributed by atoms with Crippen molar-refractivity contribution in [1.29, 1.82) is 0 Å². The smallest absolute Gasteiger partial charge is 0.260 e. The second kappa shape index (κ2) is 8.97. The maximum absolute atomic E-state index is 12.6. The van der Waals surface area contributed by atoms with Crippen molar-refractivity contribution in [1.82, 2.24) is 19.8 Å². The fourth-order valence-electron chi connectivity index (χ4n) is 4.21. The number of hydrogen-bond acceptors (Lipinski definition) is 5. The van der Waals surface area contributed by atoms with Gasteiger partial charge in [0.25, 0.3) is 5.91 Å². The molecule has 1 aromatic heterocycles. The summed E-state index contributed by atoms with van der Waals surface area (Å²) in [5.74, 6) is 2.11. The van der Waals surface area contributed by atoms with Crippen molar-refractivity contribution in [3.63, 3.8) is 0 Å². The number of benzene rings is 1. The molecule has 2 fully saturated rings. The van der Waals surface area contributed by atoms with Gasteiger partial charge in [0.15, 0.2) is 6.61 Å². The van der Waals surface area contributed by atoms with Crippen LogP contribution in [0.2, 0.25) is 0 Å². The number of para-hydroxylation sites is 1. The number of ether oxygens (including phenoxy) is 1. The van der Waals surface area contributed by atoms with Crippen LogP contribution in [0.3, 0.4) is 0 Å². The molecule has 0 aliphatic carbocycles. The van der Waals surface area contributed by atoms with Crippen molar-refractivity contribution in [3.05, 3.63) is 36.7 Å².